The van der Waals surface area contributed by atoms with E-state index in [4.69, 9.17) is 5.11 Å². The van der Waals surface area contributed by atoms with Gasteiger partial charge in [-0.3, -0.25) is 0 Å². The Hall–Kier alpha value is -2.51. The van der Waals surface area contributed by atoms with Crippen molar-refractivity contribution >= 4 is 5.97 Å². The highest BCUT2D eigenvalue weighted by Crippen LogP contribution is 2.23. The largest absolute Gasteiger partial charge is 0.573 e. The number of aromatic carboxylic acids is 1. The molecular formula is C11H7F3N2O3. The number of alkyl halides is 3. The second kappa shape index (κ2) is 4.63. The quantitative estimate of drug-likeness (QED) is 0.932. The molecule has 2 aromatic rings. The second-order valence-electron chi connectivity index (χ2n) is 3.49. The number of carbonyl (C=O) groups is 1. The molecule has 0 unspecified atom stereocenters. The van der Waals surface area contributed by atoms with Crippen molar-refractivity contribution in [2.24, 2.45) is 0 Å². The molecular weight excluding hydrogens is 265 g/mol. The highest BCUT2D eigenvalue weighted by molar-refractivity contribution is 5.85. The molecule has 5 nitrogen and oxygen atoms in total. The minimum Gasteiger partial charge on any atom is -0.476 e. The van der Waals surface area contributed by atoms with Crippen molar-refractivity contribution in [1.29, 1.82) is 0 Å². The van der Waals surface area contributed by atoms with Crippen molar-refractivity contribution in [1.82, 2.24) is 9.78 Å². The van der Waals surface area contributed by atoms with Crippen LogP contribution < -0.4 is 4.74 Å². The van der Waals surface area contributed by atoms with Crippen LogP contribution in [0.3, 0.4) is 0 Å². The molecule has 1 aromatic heterocycles. The molecule has 1 N–H and O–H groups in total. The second-order valence-corrected chi connectivity index (χ2v) is 3.49. The molecule has 1 aromatic carbocycles. The third-order valence-electron chi connectivity index (χ3n) is 2.14. The molecule has 0 bridgehead atoms. The van der Waals surface area contributed by atoms with Crippen molar-refractivity contribution < 1.29 is 27.8 Å². The summed E-state index contributed by atoms with van der Waals surface area (Å²) >= 11 is 0. The number of aromatic nitrogens is 2. The molecule has 19 heavy (non-hydrogen) atoms. The predicted molar refractivity (Wildman–Crippen MR) is 57.2 cm³/mol. The molecule has 0 amide bonds. The summed E-state index contributed by atoms with van der Waals surface area (Å²) in [7, 11) is 0. The Morgan fingerprint density at radius 2 is 1.84 bits per heavy atom. The lowest BCUT2D eigenvalue weighted by Crippen LogP contribution is -2.17. The molecule has 0 saturated heterocycles. The summed E-state index contributed by atoms with van der Waals surface area (Å²) in [5, 5.41) is 12.4. The van der Waals surface area contributed by atoms with Crippen LogP contribution >= 0.6 is 0 Å². The first kappa shape index (κ1) is 12.9. The van der Waals surface area contributed by atoms with E-state index in [0.29, 0.717) is 5.69 Å². The fourth-order valence-corrected chi connectivity index (χ4v) is 1.38. The van der Waals surface area contributed by atoms with Gasteiger partial charge in [-0.15, -0.1) is 13.2 Å². The van der Waals surface area contributed by atoms with Crippen LogP contribution in [0, 0.1) is 0 Å². The van der Waals surface area contributed by atoms with Crippen LogP contribution in [0.15, 0.2) is 36.5 Å². The zero-order valence-electron chi connectivity index (χ0n) is 9.26. The lowest BCUT2D eigenvalue weighted by Gasteiger charge is -2.09. The molecule has 0 spiro atoms. The summed E-state index contributed by atoms with van der Waals surface area (Å²) in [6.07, 6.45) is -3.35. The van der Waals surface area contributed by atoms with E-state index in [1.807, 2.05) is 0 Å². The average Bonchev–Trinajstić information content (AvgIpc) is 2.77. The molecule has 1 heterocycles. The number of benzene rings is 1. The van der Waals surface area contributed by atoms with Crippen LogP contribution in [0.25, 0.3) is 5.69 Å². The van der Waals surface area contributed by atoms with Gasteiger partial charge in [-0.1, -0.05) is 0 Å². The lowest BCUT2D eigenvalue weighted by molar-refractivity contribution is -0.274. The van der Waals surface area contributed by atoms with Gasteiger partial charge in [0.1, 0.15) is 5.75 Å². The standard InChI is InChI=1S/C11H7F3N2O3/c12-11(13,14)19-8-3-1-7(2-4-8)16-6-5-9(15-16)10(17)18/h1-6H,(H,17,18). The fraction of sp³-hybridized carbons (Fsp3) is 0.0909. The topological polar surface area (TPSA) is 64.3 Å². The number of ether oxygens (including phenoxy) is 1. The normalized spacial score (nSPS) is 11.3. The molecule has 0 saturated carbocycles. The van der Waals surface area contributed by atoms with E-state index in [9.17, 15) is 18.0 Å². The summed E-state index contributed by atoms with van der Waals surface area (Å²) in [6, 6.07) is 6.18. The smallest absolute Gasteiger partial charge is 0.476 e. The van der Waals surface area contributed by atoms with E-state index in [2.05, 4.69) is 9.84 Å². The molecule has 8 heteroatoms. The van der Waals surface area contributed by atoms with Gasteiger partial charge in [0.15, 0.2) is 5.69 Å². The van der Waals surface area contributed by atoms with Crippen molar-refractivity contribution in [2.45, 2.75) is 6.36 Å². The Morgan fingerprint density at radius 1 is 1.21 bits per heavy atom. The van der Waals surface area contributed by atoms with E-state index in [1.54, 1.807) is 0 Å². The van der Waals surface area contributed by atoms with Crippen molar-refractivity contribution in [3.8, 4) is 11.4 Å². The number of carboxylic acids is 1. The molecule has 0 aliphatic carbocycles. The zero-order chi connectivity index (χ0) is 14.0. The number of carboxylic acid groups (broad SMARTS) is 1. The molecule has 2 rings (SSSR count). The number of rotatable bonds is 3. The van der Waals surface area contributed by atoms with Crippen LogP contribution in [0.1, 0.15) is 10.5 Å². The molecule has 0 radical (unpaired) electrons. The minimum absolute atomic E-state index is 0.157. The van der Waals surface area contributed by atoms with E-state index >= 15 is 0 Å². The molecule has 100 valence electrons. The molecule has 0 atom stereocenters. The zero-order valence-corrected chi connectivity index (χ0v) is 9.26. The number of hydrogen-bond acceptors (Lipinski definition) is 3. The summed E-state index contributed by atoms with van der Waals surface area (Å²) in [5.41, 5.74) is 0.262. The lowest BCUT2D eigenvalue weighted by atomic mass is 10.3. The Balaban J connectivity index is 2.20. The van der Waals surface area contributed by atoms with Crippen LogP contribution in [0.4, 0.5) is 13.2 Å². The van der Waals surface area contributed by atoms with Gasteiger partial charge in [0.2, 0.25) is 0 Å². The maximum atomic E-state index is 12.0. The van der Waals surface area contributed by atoms with Crippen LogP contribution in [-0.2, 0) is 0 Å². The first-order valence-corrected chi connectivity index (χ1v) is 5.00. The van der Waals surface area contributed by atoms with Gasteiger partial charge in [-0.05, 0) is 30.3 Å². The average molecular weight is 272 g/mol. The van der Waals surface area contributed by atoms with Crippen LogP contribution in [-0.4, -0.2) is 27.2 Å². The SMILES string of the molecule is O=C(O)c1ccn(-c2ccc(OC(F)(F)F)cc2)n1. The predicted octanol–water partition coefficient (Wildman–Crippen LogP) is 2.47. The van der Waals surface area contributed by atoms with Gasteiger partial charge >= 0.3 is 12.3 Å². The molecule has 0 aliphatic rings. The first-order valence-electron chi connectivity index (χ1n) is 5.00. The maximum absolute atomic E-state index is 12.0. The number of nitrogens with zero attached hydrogens (tertiary/aromatic N) is 2. The summed E-state index contributed by atoms with van der Waals surface area (Å²) < 4.78 is 40.8. The summed E-state index contributed by atoms with van der Waals surface area (Å²) in [6.45, 7) is 0. The Morgan fingerprint density at radius 3 is 2.32 bits per heavy atom. The summed E-state index contributed by atoms with van der Waals surface area (Å²) in [4.78, 5) is 10.6. The monoisotopic (exact) mass is 272 g/mol. The van der Waals surface area contributed by atoms with Crippen molar-refractivity contribution in [2.75, 3.05) is 0 Å². The van der Waals surface area contributed by atoms with E-state index in [-0.39, 0.29) is 11.4 Å². The van der Waals surface area contributed by atoms with Crippen LogP contribution in [0.5, 0.6) is 5.75 Å². The minimum atomic E-state index is -4.75. The Bertz CT molecular complexity index is 590. The van der Waals surface area contributed by atoms with Gasteiger partial charge in [0.25, 0.3) is 0 Å². The van der Waals surface area contributed by atoms with E-state index in [1.165, 1.54) is 29.1 Å². The van der Waals surface area contributed by atoms with Crippen LogP contribution in [0.2, 0.25) is 0 Å². The maximum Gasteiger partial charge on any atom is 0.573 e. The highest BCUT2D eigenvalue weighted by atomic mass is 19.4. The number of hydrogen-bond donors (Lipinski definition) is 1. The third-order valence-corrected chi connectivity index (χ3v) is 2.14. The van der Waals surface area contributed by atoms with Gasteiger partial charge in [0, 0.05) is 6.20 Å². The van der Waals surface area contributed by atoms with E-state index < -0.39 is 12.3 Å². The van der Waals surface area contributed by atoms with E-state index in [0.717, 1.165) is 12.1 Å². The Kier molecular flexibility index (Phi) is 3.16. The third kappa shape index (κ3) is 3.24. The van der Waals surface area contributed by atoms with Crippen molar-refractivity contribution in [3.63, 3.8) is 0 Å². The fourth-order valence-electron chi connectivity index (χ4n) is 1.38. The first-order chi connectivity index (χ1) is 8.85. The molecule has 0 aliphatic heterocycles. The van der Waals surface area contributed by atoms with Gasteiger partial charge in [0.05, 0.1) is 5.69 Å². The highest BCUT2D eigenvalue weighted by Gasteiger charge is 2.30. The van der Waals surface area contributed by atoms with Gasteiger partial charge < -0.3 is 9.84 Å². The molecule has 0 fully saturated rings. The van der Waals surface area contributed by atoms with Gasteiger partial charge in [-0.2, -0.15) is 5.10 Å². The van der Waals surface area contributed by atoms with Gasteiger partial charge in [-0.25, -0.2) is 9.48 Å². The number of halogens is 3. The van der Waals surface area contributed by atoms with Crippen molar-refractivity contribution in [3.05, 3.63) is 42.2 Å². The Labute approximate surface area is 104 Å². The summed E-state index contributed by atoms with van der Waals surface area (Å²) in [5.74, 6) is -1.54.